The van der Waals surface area contributed by atoms with E-state index in [4.69, 9.17) is 5.73 Å². The molecular weight excluding hydrogens is 327 g/mol. The topological polar surface area (TPSA) is 72.9 Å². The van der Waals surface area contributed by atoms with Gasteiger partial charge >= 0.3 is 0 Å². The van der Waals surface area contributed by atoms with Crippen LogP contribution in [0.5, 0.6) is 0 Å². The van der Waals surface area contributed by atoms with E-state index in [1.165, 1.54) is 18.2 Å². The van der Waals surface area contributed by atoms with Crippen LogP contribution in [0.15, 0.2) is 22.7 Å². The lowest BCUT2D eigenvalue weighted by atomic mass is 10.2. The molecule has 0 bridgehead atoms. The van der Waals surface area contributed by atoms with Crippen LogP contribution in [0.4, 0.5) is 15.8 Å². The van der Waals surface area contributed by atoms with Gasteiger partial charge in [0.05, 0.1) is 27.2 Å². The van der Waals surface area contributed by atoms with E-state index < -0.39 is 5.82 Å². The van der Waals surface area contributed by atoms with Crippen molar-refractivity contribution in [1.29, 1.82) is 0 Å². The molecule has 1 aromatic carbocycles. The molecule has 1 amide bonds. The zero-order valence-corrected chi connectivity index (χ0v) is 12.7. The van der Waals surface area contributed by atoms with Crippen LogP contribution in [0, 0.1) is 19.7 Å². The summed E-state index contributed by atoms with van der Waals surface area (Å²) in [5.41, 5.74) is 7.91. The van der Waals surface area contributed by atoms with Crippen molar-refractivity contribution in [2.45, 2.75) is 20.4 Å². The van der Waals surface area contributed by atoms with Gasteiger partial charge in [-0.2, -0.15) is 5.10 Å². The van der Waals surface area contributed by atoms with Gasteiger partial charge < -0.3 is 11.1 Å². The Morgan fingerprint density at radius 2 is 2.20 bits per heavy atom. The second-order valence-electron chi connectivity index (χ2n) is 4.42. The van der Waals surface area contributed by atoms with Crippen molar-refractivity contribution in [3.63, 3.8) is 0 Å². The van der Waals surface area contributed by atoms with Gasteiger partial charge in [0, 0.05) is 0 Å². The van der Waals surface area contributed by atoms with Crippen LogP contribution in [-0.2, 0) is 11.3 Å². The highest BCUT2D eigenvalue weighted by Gasteiger charge is 2.13. The summed E-state index contributed by atoms with van der Waals surface area (Å²) in [5.74, 6) is -0.774. The number of nitrogens with zero attached hydrogens (tertiary/aromatic N) is 2. The molecule has 106 valence electrons. The van der Waals surface area contributed by atoms with Crippen molar-refractivity contribution in [3.8, 4) is 0 Å². The number of halogens is 2. The fourth-order valence-electron chi connectivity index (χ4n) is 1.79. The molecular formula is C13H14BrFN4O. The minimum absolute atomic E-state index is 0.0359. The number of hydrogen-bond donors (Lipinski definition) is 2. The number of aryl methyl sites for hydroxylation is 1. The number of nitrogens with one attached hydrogen (secondary N) is 1. The predicted octanol–water partition coefficient (Wildman–Crippen LogP) is 2.62. The number of amides is 1. The van der Waals surface area contributed by atoms with E-state index in [1.54, 1.807) is 4.68 Å². The number of benzene rings is 1. The molecule has 2 rings (SSSR count). The molecule has 1 heterocycles. The van der Waals surface area contributed by atoms with Crippen molar-refractivity contribution in [1.82, 2.24) is 9.78 Å². The van der Waals surface area contributed by atoms with Crippen LogP contribution in [0.3, 0.4) is 0 Å². The highest BCUT2D eigenvalue weighted by atomic mass is 79.9. The first-order chi connectivity index (χ1) is 9.38. The molecule has 0 aliphatic heterocycles. The monoisotopic (exact) mass is 340 g/mol. The van der Waals surface area contributed by atoms with Gasteiger partial charge in [0.1, 0.15) is 12.4 Å². The standard InChI is InChI=1S/C13H14BrFN4O/c1-7-13(14)8(2)19(18-7)6-12(20)17-11-5-9(15)3-4-10(11)16/h3-5H,6,16H2,1-2H3,(H,17,20). The van der Waals surface area contributed by atoms with Crippen LogP contribution in [-0.4, -0.2) is 15.7 Å². The minimum atomic E-state index is -0.455. The van der Waals surface area contributed by atoms with Crippen molar-refractivity contribution < 1.29 is 9.18 Å². The van der Waals surface area contributed by atoms with E-state index in [1.807, 2.05) is 13.8 Å². The first-order valence-electron chi connectivity index (χ1n) is 5.93. The van der Waals surface area contributed by atoms with Crippen molar-refractivity contribution >= 4 is 33.2 Å². The Bertz CT molecular complexity index is 669. The molecule has 0 saturated carbocycles. The maximum atomic E-state index is 13.1. The zero-order valence-electron chi connectivity index (χ0n) is 11.1. The Kier molecular flexibility index (Phi) is 4.08. The Hall–Kier alpha value is -1.89. The summed E-state index contributed by atoms with van der Waals surface area (Å²) in [5, 5.41) is 6.81. The lowest BCUT2D eigenvalue weighted by Crippen LogP contribution is -2.21. The third-order valence-corrected chi connectivity index (χ3v) is 4.02. The first kappa shape index (κ1) is 14.5. The molecule has 2 aromatic rings. The molecule has 20 heavy (non-hydrogen) atoms. The third-order valence-electron chi connectivity index (χ3n) is 2.88. The predicted molar refractivity (Wildman–Crippen MR) is 78.8 cm³/mol. The molecule has 0 spiro atoms. The highest BCUT2D eigenvalue weighted by molar-refractivity contribution is 9.10. The van der Waals surface area contributed by atoms with Crippen LogP contribution < -0.4 is 11.1 Å². The van der Waals surface area contributed by atoms with E-state index in [0.29, 0.717) is 5.69 Å². The Labute approximate surface area is 124 Å². The number of nitrogen functional groups attached to an aromatic ring is 1. The summed E-state index contributed by atoms with van der Waals surface area (Å²) >= 11 is 3.39. The van der Waals surface area contributed by atoms with Gasteiger partial charge in [0.2, 0.25) is 5.91 Å². The number of rotatable bonds is 3. The highest BCUT2D eigenvalue weighted by Crippen LogP contribution is 2.21. The lowest BCUT2D eigenvalue weighted by Gasteiger charge is -2.09. The molecule has 0 atom stereocenters. The first-order valence-corrected chi connectivity index (χ1v) is 6.72. The Morgan fingerprint density at radius 3 is 2.80 bits per heavy atom. The lowest BCUT2D eigenvalue weighted by molar-refractivity contribution is -0.116. The van der Waals surface area contributed by atoms with Gasteiger partial charge in [0.15, 0.2) is 0 Å². The molecule has 0 aliphatic rings. The van der Waals surface area contributed by atoms with E-state index >= 15 is 0 Å². The summed E-state index contributed by atoms with van der Waals surface area (Å²) < 4.78 is 15.6. The van der Waals surface area contributed by atoms with E-state index in [9.17, 15) is 9.18 Å². The van der Waals surface area contributed by atoms with Gasteiger partial charge in [-0.1, -0.05) is 0 Å². The molecule has 7 heteroatoms. The largest absolute Gasteiger partial charge is 0.397 e. The van der Waals surface area contributed by atoms with E-state index in [-0.39, 0.29) is 18.1 Å². The SMILES string of the molecule is Cc1nn(CC(=O)Nc2cc(F)ccc2N)c(C)c1Br. The van der Waals surface area contributed by atoms with Gasteiger partial charge in [-0.25, -0.2) is 4.39 Å². The molecule has 3 N–H and O–H groups in total. The number of aromatic nitrogens is 2. The molecule has 5 nitrogen and oxygen atoms in total. The second kappa shape index (κ2) is 5.62. The molecule has 0 radical (unpaired) electrons. The smallest absolute Gasteiger partial charge is 0.246 e. The van der Waals surface area contributed by atoms with E-state index in [0.717, 1.165) is 15.9 Å². The molecule has 0 saturated heterocycles. The Balaban J connectivity index is 2.13. The van der Waals surface area contributed by atoms with Crippen LogP contribution >= 0.6 is 15.9 Å². The summed E-state index contributed by atoms with van der Waals surface area (Å²) in [7, 11) is 0. The van der Waals surface area contributed by atoms with Crippen molar-refractivity contribution in [2.75, 3.05) is 11.1 Å². The number of nitrogens with two attached hydrogens (primary N) is 1. The average Bonchev–Trinajstić information content (AvgIpc) is 2.61. The fourth-order valence-corrected chi connectivity index (χ4v) is 2.08. The van der Waals surface area contributed by atoms with Crippen LogP contribution in [0.2, 0.25) is 0 Å². The van der Waals surface area contributed by atoms with Crippen LogP contribution in [0.25, 0.3) is 0 Å². The number of hydrogen-bond acceptors (Lipinski definition) is 3. The average molecular weight is 341 g/mol. The number of carbonyl (C=O) groups is 1. The fraction of sp³-hybridized carbons (Fsp3) is 0.231. The molecule has 1 aromatic heterocycles. The molecule has 0 fully saturated rings. The van der Waals surface area contributed by atoms with E-state index in [2.05, 4.69) is 26.3 Å². The summed E-state index contributed by atoms with van der Waals surface area (Å²) in [6.07, 6.45) is 0. The molecule has 0 aliphatic carbocycles. The normalized spacial score (nSPS) is 10.6. The minimum Gasteiger partial charge on any atom is -0.397 e. The van der Waals surface area contributed by atoms with Gasteiger partial charge in [-0.05, 0) is 48.0 Å². The van der Waals surface area contributed by atoms with Gasteiger partial charge in [-0.15, -0.1) is 0 Å². The zero-order chi connectivity index (χ0) is 14.9. The summed E-state index contributed by atoms with van der Waals surface area (Å²) in [4.78, 5) is 12.0. The maximum absolute atomic E-state index is 13.1. The summed E-state index contributed by atoms with van der Waals surface area (Å²) in [6.45, 7) is 3.73. The Morgan fingerprint density at radius 1 is 1.50 bits per heavy atom. The van der Waals surface area contributed by atoms with Gasteiger partial charge in [0.25, 0.3) is 0 Å². The second-order valence-corrected chi connectivity index (χ2v) is 5.22. The number of anilines is 2. The molecule has 0 unspecified atom stereocenters. The van der Waals surface area contributed by atoms with Crippen molar-refractivity contribution in [3.05, 3.63) is 39.9 Å². The quantitative estimate of drug-likeness (QED) is 0.843. The maximum Gasteiger partial charge on any atom is 0.246 e. The van der Waals surface area contributed by atoms with Crippen molar-refractivity contribution in [2.24, 2.45) is 0 Å². The summed E-state index contributed by atoms with van der Waals surface area (Å²) in [6, 6.07) is 3.83. The number of carbonyl (C=O) groups excluding carboxylic acids is 1. The van der Waals surface area contributed by atoms with Gasteiger partial charge in [-0.3, -0.25) is 9.48 Å². The third kappa shape index (κ3) is 2.98. The van der Waals surface area contributed by atoms with Crippen LogP contribution in [0.1, 0.15) is 11.4 Å².